The number of carbonyl (C=O) groups is 2. The van der Waals surface area contributed by atoms with Crippen LogP contribution in [0.15, 0.2) is 103 Å². The van der Waals surface area contributed by atoms with Crippen molar-refractivity contribution in [2.45, 2.75) is 19.6 Å². The van der Waals surface area contributed by atoms with Gasteiger partial charge < -0.3 is 9.67 Å². The van der Waals surface area contributed by atoms with Crippen molar-refractivity contribution in [1.29, 1.82) is 0 Å². The molecular weight excluding hydrogens is 460 g/mol. The summed E-state index contributed by atoms with van der Waals surface area (Å²) in [5.74, 6) is -0.721. The summed E-state index contributed by atoms with van der Waals surface area (Å²) >= 11 is 0. The number of imide groups is 1. The summed E-state index contributed by atoms with van der Waals surface area (Å²) in [6.45, 7) is 2.22. The summed E-state index contributed by atoms with van der Waals surface area (Å²) in [5.41, 5.74) is 7.12. The average Bonchev–Trinajstić information content (AvgIpc) is 3.36. The molecule has 5 nitrogen and oxygen atoms in total. The van der Waals surface area contributed by atoms with Crippen LogP contribution in [0, 0.1) is 6.92 Å². The second-order valence-electron chi connectivity index (χ2n) is 9.51. The third-order valence-corrected chi connectivity index (χ3v) is 6.99. The standard InChI is InChI=1S/C32H26N2O3/c1-21-16-17-28-27(18-21)29(22-10-4-2-5-11-22)30(23-12-6-3-7-13-23)33(28)19-24(35)20-34-31(36)25-14-8-9-15-26(25)32(34)37/h2-18,24,35H,19-20H2,1H3. The van der Waals surface area contributed by atoms with Gasteiger partial charge in [-0.25, -0.2) is 0 Å². The van der Waals surface area contributed by atoms with E-state index in [0.29, 0.717) is 11.1 Å². The average molecular weight is 487 g/mol. The highest BCUT2D eigenvalue weighted by Crippen LogP contribution is 2.41. The van der Waals surface area contributed by atoms with Crippen LogP contribution in [-0.2, 0) is 6.54 Å². The largest absolute Gasteiger partial charge is 0.389 e. The Morgan fingerprint density at radius 3 is 1.89 bits per heavy atom. The number of nitrogens with zero attached hydrogens (tertiary/aromatic N) is 2. The molecule has 5 heteroatoms. The molecule has 2 amide bonds. The van der Waals surface area contributed by atoms with E-state index in [0.717, 1.165) is 43.8 Å². The zero-order valence-corrected chi connectivity index (χ0v) is 20.5. The van der Waals surface area contributed by atoms with Crippen molar-refractivity contribution in [2.24, 2.45) is 0 Å². The van der Waals surface area contributed by atoms with Gasteiger partial charge in [-0.3, -0.25) is 14.5 Å². The molecule has 0 bridgehead atoms. The van der Waals surface area contributed by atoms with E-state index in [4.69, 9.17) is 0 Å². The zero-order valence-electron chi connectivity index (χ0n) is 20.5. The van der Waals surface area contributed by atoms with Gasteiger partial charge in [0, 0.05) is 16.5 Å². The van der Waals surface area contributed by atoms with Gasteiger partial charge in [0.05, 0.1) is 36.0 Å². The highest BCUT2D eigenvalue weighted by molar-refractivity contribution is 6.21. The molecule has 4 aromatic carbocycles. The van der Waals surface area contributed by atoms with Crippen molar-refractivity contribution >= 4 is 22.7 Å². The Hall–Kier alpha value is -4.48. The van der Waals surface area contributed by atoms with Crippen molar-refractivity contribution in [3.05, 3.63) is 120 Å². The highest BCUT2D eigenvalue weighted by Gasteiger charge is 2.36. The lowest BCUT2D eigenvalue weighted by Gasteiger charge is -2.21. The van der Waals surface area contributed by atoms with E-state index in [1.54, 1.807) is 24.3 Å². The molecular formula is C32H26N2O3. The van der Waals surface area contributed by atoms with Crippen LogP contribution in [0.2, 0.25) is 0 Å². The van der Waals surface area contributed by atoms with Crippen LogP contribution in [0.25, 0.3) is 33.3 Å². The Labute approximate surface area is 215 Å². The normalized spacial score (nSPS) is 13.8. The third kappa shape index (κ3) is 3.94. The van der Waals surface area contributed by atoms with Crippen LogP contribution in [0.4, 0.5) is 0 Å². The monoisotopic (exact) mass is 486 g/mol. The van der Waals surface area contributed by atoms with E-state index in [9.17, 15) is 14.7 Å². The van der Waals surface area contributed by atoms with Gasteiger partial charge in [0.15, 0.2) is 0 Å². The van der Waals surface area contributed by atoms with Gasteiger partial charge in [0.1, 0.15) is 0 Å². The molecule has 1 aliphatic heterocycles. The Balaban J connectivity index is 1.45. The Morgan fingerprint density at radius 1 is 0.703 bits per heavy atom. The molecule has 182 valence electrons. The van der Waals surface area contributed by atoms with E-state index < -0.39 is 6.10 Å². The zero-order chi connectivity index (χ0) is 25.5. The minimum atomic E-state index is -0.954. The first-order valence-electron chi connectivity index (χ1n) is 12.4. The van der Waals surface area contributed by atoms with Gasteiger partial charge in [-0.1, -0.05) is 84.4 Å². The number of rotatable bonds is 6. The second-order valence-corrected chi connectivity index (χ2v) is 9.51. The van der Waals surface area contributed by atoms with Gasteiger partial charge in [-0.2, -0.15) is 0 Å². The van der Waals surface area contributed by atoms with E-state index in [1.807, 2.05) is 36.4 Å². The lowest BCUT2D eigenvalue weighted by molar-refractivity contribution is 0.0523. The first-order valence-corrected chi connectivity index (χ1v) is 12.4. The Bertz CT molecular complexity index is 1600. The number of amides is 2. The fraction of sp³-hybridized carbons (Fsp3) is 0.125. The van der Waals surface area contributed by atoms with E-state index in [1.165, 1.54) is 0 Å². The van der Waals surface area contributed by atoms with Gasteiger partial charge in [-0.15, -0.1) is 0 Å². The van der Waals surface area contributed by atoms with Crippen molar-refractivity contribution in [3.63, 3.8) is 0 Å². The smallest absolute Gasteiger partial charge is 0.261 e. The highest BCUT2D eigenvalue weighted by atomic mass is 16.3. The lowest BCUT2D eigenvalue weighted by Crippen LogP contribution is -2.38. The quantitative estimate of drug-likeness (QED) is 0.302. The molecule has 0 spiro atoms. The fourth-order valence-electron chi connectivity index (χ4n) is 5.34. The molecule has 0 radical (unpaired) electrons. The van der Waals surface area contributed by atoms with Crippen molar-refractivity contribution < 1.29 is 14.7 Å². The number of aryl methyl sites for hydroxylation is 1. The topological polar surface area (TPSA) is 62.5 Å². The number of benzene rings is 4. The number of hydrogen-bond acceptors (Lipinski definition) is 3. The lowest BCUT2D eigenvalue weighted by atomic mass is 9.98. The Morgan fingerprint density at radius 2 is 1.27 bits per heavy atom. The molecule has 1 atom stereocenters. The summed E-state index contributed by atoms with van der Waals surface area (Å²) < 4.78 is 2.12. The summed E-state index contributed by atoms with van der Waals surface area (Å²) in [5, 5.41) is 12.4. The molecule has 1 unspecified atom stereocenters. The summed E-state index contributed by atoms with van der Waals surface area (Å²) in [7, 11) is 0. The van der Waals surface area contributed by atoms with Crippen LogP contribution in [0.1, 0.15) is 26.3 Å². The van der Waals surface area contributed by atoms with Crippen LogP contribution in [-0.4, -0.2) is 39.0 Å². The van der Waals surface area contributed by atoms with Crippen LogP contribution in [0.5, 0.6) is 0 Å². The molecule has 5 aromatic rings. The minimum absolute atomic E-state index is 0.0766. The number of fused-ring (bicyclic) bond motifs is 2. The van der Waals surface area contributed by atoms with Crippen molar-refractivity contribution in [2.75, 3.05) is 6.54 Å². The molecule has 0 aliphatic carbocycles. The molecule has 0 fully saturated rings. The predicted molar refractivity (Wildman–Crippen MR) is 145 cm³/mol. The van der Waals surface area contributed by atoms with Gasteiger partial charge in [-0.05, 0) is 42.3 Å². The first-order chi connectivity index (χ1) is 18.0. The maximum atomic E-state index is 12.9. The van der Waals surface area contributed by atoms with Crippen LogP contribution in [0.3, 0.4) is 0 Å². The molecule has 1 aliphatic rings. The number of aromatic nitrogens is 1. The second kappa shape index (κ2) is 9.19. The number of β-amino-alcohol motifs (C(OH)–C–C–N with tert-alkyl or cyclic N) is 1. The predicted octanol–water partition coefficient (Wildman–Crippen LogP) is 5.94. The summed E-state index contributed by atoms with van der Waals surface area (Å²) in [6.07, 6.45) is -0.954. The number of aliphatic hydroxyl groups is 1. The molecule has 37 heavy (non-hydrogen) atoms. The summed E-state index contributed by atoms with van der Waals surface area (Å²) in [6, 6.07) is 33.5. The van der Waals surface area contributed by atoms with E-state index >= 15 is 0 Å². The van der Waals surface area contributed by atoms with Crippen molar-refractivity contribution in [3.8, 4) is 22.4 Å². The first kappa shape index (κ1) is 23.0. The van der Waals surface area contributed by atoms with Gasteiger partial charge >= 0.3 is 0 Å². The molecule has 1 N–H and O–H groups in total. The molecule has 1 aromatic heterocycles. The molecule has 0 saturated carbocycles. The van der Waals surface area contributed by atoms with Crippen molar-refractivity contribution in [1.82, 2.24) is 9.47 Å². The number of carbonyl (C=O) groups excluding carboxylic acids is 2. The maximum absolute atomic E-state index is 12.9. The number of aliphatic hydroxyl groups excluding tert-OH is 1. The molecule has 0 saturated heterocycles. The van der Waals surface area contributed by atoms with E-state index in [-0.39, 0.29) is 24.9 Å². The van der Waals surface area contributed by atoms with Crippen LogP contribution >= 0.6 is 0 Å². The SMILES string of the molecule is Cc1ccc2c(c1)c(-c1ccccc1)c(-c1ccccc1)n2CC(O)CN1C(=O)c2ccccc2C1=O. The fourth-order valence-corrected chi connectivity index (χ4v) is 5.34. The third-order valence-electron chi connectivity index (χ3n) is 6.99. The van der Waals surface area contributed by atoms with Crippen LogP contribution < -0.4 is 0 Å². The van der Waals surface area contributed by atoms with E-state index in [2.05, 4.69) is 54.0 Å². The van der Waals surface area contributed by atoms with Gasteiger partial charge in [0.2, 0.25) is 0 Å². The summed E-state index contributed by atoms with van der Waals surface area (Å²) in [4.78, 5) is 27.0. The maximum Gasteiger partial charge on any atom is 0.261 e. The Kier molecular flexibility index (Phi) is 5.70. The number of hydrogen-bond donors (Lipinski definition) is 1. The molecule has 6 rings (SSSR count). The molecule has 2 heterocycles. The van der Waals surface area contributed by atoms with Gasteiger partial charge in [0.25, 0.3) is 11.8 Å². The minimum Gasteiger partial charge on any atom is -0.389 e.